The topological polar surface area (TPSA) is 37.8 Å². The van der Waals surface area contributed by atoms with Gasteiger partial charge < -0.3 is 9.47 Å². The van der Waals surface area contributed by atoms with E-state index in [0.717, 1.165) is 38.8 Å². The molecule has 0 spiro atoms. The molecule has 0 amide bonds. The summed E-state index contributed by atoms with van der Waals surface area (Å²) in [5, 5.41) is 0. The number of piperidine rings is 1. The molecule has 5 nitrogen and oxygen atoms in total. The lowest BCUT2D eigenvalue weighted by Gasteiger charge is -2.43. The van der Waals surface area contributed by atoms with Crippen LogP contribution in [-0.2, 0) is 16.0 Å². The zero-order chi connectivity index (χ0) is 17.1. The van der Waals surface area contributed by atoms with E-state index in [0.29, 0.717) is 18.1 Å². The van der Waals surface area contributed by atoms with Crippen molar-refractivity contribution >= 4 is 0 Å². The zero-order valence-electron chi connectivity index (χ0n) is 15.3. The van der Waals surface area contributed by atoms with Crippen LogP contribution >= 0.6 is 0 Å². The lowest BCUT2D eigenvalue weighted by Crippen LogP contribution is -2.52. The number of pyridine rings is 1. The third-order valence-electron chi connectivity index (χ3n) is 6.35. The van der Waals surface area contributed by atoms with Gasteiger partial charge in [-0.2, -0.15) is 0 Å². The minimum absolute atomic E-state index is 0.415. The van der Waals surface area contributed by atoms with Gasteiger partial charge in [0.1, 0.15) is 0 Å². The molecule has 0 aliphatic carbocycles. The molecule has 0 unspecified atom stereocenters. The van der Waals surface area contributed by atoms with E-state index in [1.807, 2.05) is 19.5 Å². The smallest absolute Gasteiger partial charge is 0.0639 e. The first-order chi connectivity index (χ1) is 12.3. The Kier molecular flexibility index (Phi) is 5.66. The van der Waals surface area contributed by atoms with Crippen molar-refractivity contribution in [3.8, 4) is 0 Å². The van der Waals surface area contributed by atoms with Crippen LogP contribution in [0, 0.1) is 11.8 Å². The van der Waals surface area contributed by atoms with Crippen molar-refractivity contribution in [2.24, 2.45) is 11.8 Å². The van der Waals surface area contributed by atoms with E-state index in [2.05, 4.69) is 26.9 Å². The van der Waals surface area contributed by atoms with Gasteiger partial charge in [-0.05, 0) is 42.9 Å². The average molecular weight is 345 g/mol. The van der Waals surface area contributed by atoms with Gasteiger partial charge in [0, 0.05) is 77.4 Å². The summed E-state index contributed by atoms with van der Waals surface area (Å²) in [4.78, 5) is 9.51. The van der Waals surface area contributed by atoms with Gasteiger partial charge in [-0.25, -0.2) is 0 Å². The number of hydrogen-bond donors (Lipinski definition) is 0. The number of hydrogen-bond acceptors (Lipinski definition) is 5. The molecule has 3 saturated heterocycles. The SMILES string of the molecule is CO[C@@H]1CCN(CC2CCOCC2)[C@@H]2CN(Cc3ccncc3)C[C@@H]21. The fraction of sp³-hybridized carbons (Fsp3) is 0.750. The predicted molar refractivity (Wildman–Crippen MR) is 97.3 cm³/mol. The Hall–Kier alpha value is -1.01. The second-order valence-electron chi connectivity index (χ2n) is 7.89. The summed E-state index contributed by atoms with van der Waals surface area (Å²) in [6.45, 7) is 7.65. The summed E-state index contributed by atoms with van der Waals surface area (Å²) in [6, 6.07) is 4.91. The Bertz CT molecular complexity index is 535. The molecule has 4 heterocycles. The van der Waals surface area contributed by atoms with Crippen LogP contribution < -0.4 is 0 Å². The van der Waals surface area contributed by atoms with Crippen LogP contribution in [0.25, 0.3) is 0 Å². The number of rotatable bonds is 5. The van der Waals surface area contributed by atoms with Gasteiger partial charge in [-0.1, -0.05) is 0 Å². The molecule has 4 rings (SSSR count). The fourth-order valence-electron chi connectivity index (χ4n) is 4.97. The van der Waals surface area contributed by atoms with Crippen LogP contribution in [-0.4, -0.2) is 73.4 Å². The quantitative estimate of drug-likeness (QED) is 0.816. The number of likely N-dealkylation sites (tertiary alicyclic amines) is 2. The van der Waals surface area contributed by atoms with Crippen molar-refractivity contribution < 1.29 is 9.47 Å². The van der Waals surface area contributed by atoms with Crippen LogP contribution in [0.1, 0.15) is 24.8 Å². The van der Waals surface area contributed by atoms with E-state index >= 15 is 0 Å². The fourth-order valence-corrected chi connectivity index (χ4v) is 4.97. The van der Waals surface area contributed by atoms with Crippen LogP contribution in [0.2, 0.25) is 0 Å². The lowest BCUT2D eigenvalue weighted by molar-refractivity contribution is -0.0333. The molecule has 3 fully saturated rings. The molecule has 0 bridgehead atoms. The first kappa shape index (κ1) is 17.4. The molecule has 3 aliphatic heterocycles. The van der Waals surface area contributed by atoms with Crippen molar-refractivity contribution in [3.63, 3.8) is 0 Å². The highest BCUT2D eigenvalue weighted by Gasteiger charge is 2.44. The first-order valence-electron chi connectivity index (χ1n) is 9.79. The van der Waals surface area contributed by atoms with Gasteiger partial charge in [-0.15, -0.1) is 0 Å². The molecule has 138 valence electrons. The number of aromatic nitrogens is 1. The van der Waals surface area contributed by atoms with Crippen molar-refractivity contribution in [1.29, 1.82) is 0 Å². The van der Waals surface area contributed by atoms with E-state index in [9.17, 15) is 0 Å². The molecule has 0 radical (unpaired) electrons. The number of ether oxygens (including phenoxy) is 2. The van der Waals surface area contributed by atoms with Gasteiger partial charge in [0.2, 0.25) is 0 Å². The summed E-state index contributed by atoms with van der Waals surface area (Å²) < 4.78 is 11.4. The summed E-state index contributed by atoms with van der Waals surface area (Å²) in [5.74, 6) is 1.45. The number of fused-ring (bicyclic) bond motifs is 1. The van der Waals surface area contributed by atoms with Crippen LogP contribution in [0.15, 0.2) is 24.5 Å². The molecular weight excluding hydrogens is 314 g/mol. The third kappa shape index (κ3) is 4.05. The Morgan fingerprint density at radius 2 is 1.96 bits per heavy atom. The normalized spacial score (nSPS) is 32.0. The van der Waals surface area contributed by atoms with Crippen molar-refractivity contribution in [2.75, 3.05) is 46.5 Å². The molecule has 25 heavy (non-hydrogen) atoms. The van der Waals surface area contributed by atoms with Gasteiger partial charge in [-0.3, -0.25) is 14.8 Å². The van der Waals surface area contributed by atoms with Crippen LogP contribution in [0.5, 0.6) is 0 Å². The molecule has 1 aromatic heterocycles. The largest absolute Gasteiger partial charge is 0.381 e. The maximum Gasteiger partial charge on any atom is 0.0639 e. The lowest BCUT2D eigenvalue weighted by atomic mass is 9.87. The van der Waals surface area contributed by atoms with Gasteiger partial charge >= 0.3 is 0 Å². The van der Waals surface area contributed by atoms with Crippen molar-refractivity contribution in [2.45, 2.75) is 38.0 Å². The van der Waals surface area contributed by atoms with E-state index in [1.54, 1.807) is 0 Å². The minimum atomic E-state index is 0.415. The Balaban J connectivity index is 1.41. The maximum absolute atomic E-state index is 5.86. The standard InChI is InChI=1S/C20H31N3O2/c1-24-20-4-9-23(13-17-5-10-25-11-6-17)19-15-22(14-18(19)20)12-16-2-7-21-8-3-16/h2-3,7-8,17-20H,4-6,9-15H2,1H3/t18-,19+,20+/m0/s1. The molecule has 0 saturated carbocycles. The van der Waals surface area contributed by atoms with Crippen LogP contribution in [0.4, 0.5) is 0 Å². The molecular formula is C20H31N3O2. The highest BCUT2D eigenvalue weighted by Crippen LogP contribution is 2.34. The van der Waals surface area contributed by atoms with E-state index < -0.39 is 0 Å². The van der Waals surface area contributed by atoms with Gasteiger partial charge in [0.05, 0.1) is 6.10 Å². The monoisotopic (exact) mass is 345 g/mol. The minimum Gasteiger partial charge on any atom is -0.381 e. The van der Waals surface area contributed by atoms with Crippen molar-refractivity contribution in [3.05, 3.63) is 30.1 Å². The van der Waals surface area contributed by atoms with E-state index in [1.165, 1.54) is 37.9 Å². The molecule has 3 aliphatic rings. The second-order valence-corrected chi connectivity index (χ2v) is 7.89. The van der Waals surface area contributed by atoms with Gasteiger partial charge in [0.15, 0.2) is 0 Å². The summed E-state index contributed by atoms with van der Waals surface area (Å²) in [6.07, 6.45) is 7.83. The molecule has 3 atom stereocenters. The third-order valence-corrected chi connectivity index (χ3v) is 6.35. The zero-order valence-corrected chi connectivity index (χ0v) is 15.3. The molecule has 5 heteroatoms. The summed E-state index contributed by atoms with van der Waals surface area (Å²) >= 11 is 0. The summed E-state index contributed by atoms with van der Waals surface area (Å²) in [5.41, 5.74) is 1.36. The van der Waals surface area contributed by atoms with E-state index in [4.69, 9.17) is 9.47 Å². The van der Waals surface area contributed by atoms with Gasteiger partial charge in [0.25, 0.3) is 0 Å². The van der Waals surface area contributed by atoms with Crippen LogP contribution in [0.3, 0.4) is 0 Å². The van der Waals surface area contributed by atoms with E-state index in [-0.39, 0.29) is 0 Å². The average Bonchev–Trinajstić information content (AvgIpc) is 3.08. The maximum atomic E-state index is 5.86. The molecule has 0 N–H and O–H groups in total. The first-order valence-corrected chi connectivity index (χ1v) is 9.79. The summed E-state index contributed by atoms with van der Waals surface area (Å²) in [7, 11) is 1.89. The second kappa shape index (κ2) is 8.12. The molecule has 1 aromatic rings. The highest BCUT2D eigenvalue weighted by molar-refractivity contribution is 5.11. The molecule has 0 aromatic carbocycles. The highest BCUT2D eigenvalue weighted by atomic mass is 16.5. The number of methoxy groups -OCH3 is 1. The Morgan fingerprint density at radius 1 is 1.16 bits per heavy atom. The Labute approximate surface area is 151 Å². The predicted octanol–water partition coefficient (Wildman–Crippen LogP) is 2.03. The van der Waals surface area contributed by atoms with Crippen molar-refractivity contribution in [1.82, 2.24) is 14.8 Å². The number of nitrogens with zero attached hydrogens (tertiary/aromatic N) is 3. The Morgan fingerprint density at radius 3 is 2.72 bits per heavy atom.